The molecule has 14 heteroatoms. The smallest absolute Gasteiger partial charge is 0.323 e. The van der Waals surface area contributed by atoms with Gasteiger partial charge in [-0.2, -0.15) is 17.4 Å². The molecule has 2 atom stereocenters. The van der Waals surface area contributed by atoms with Crippen LogP contribution in [0.2, 0.25) is 0 Å². The van der Waals surface area contributed by atoms with E-state index in [2.05, 4.69) is 30.2 Å². The maximum atomic E-state index is 12.7. The van der Waals surface area contributed by atoms with Crippen molar-refractivity contribution in [3.05, 3.63) is 48.3 Å². The van der Waals surface area contributed by atoms with Crippen LogP contribution in [0.4, 0.5) is 11.6 Å². The van der Waals surface area contributed by atoms with Crippen LogP contribution in [0.3, 0.4) is 0 Å². The minimum atomic E-state index is -4.04. The molecule has 4 rings (SSSR count). The van der Waals surface area contributed by atoms with Crippen molar-refractivity contribution in [2.45, 2.75) is 31.5 Å². The number of carbonyl (C=O) groups is 2. The molecule has 2 aromatic rings. The fourth-order valence-electron chi connectivity index (χ4n) is 4.24. The number of piperidine rings is 1. The van der Waals surface area contributed by atoms with Gasteiger partial charge in [-0.05, 0) is 49.6 Å². The summed E-state index contributed by atoms with van der Waals surface area (Å²) in [5.41, 5.74) is 1.25. The van der Waals surface area contributed by atoms with E-state index >= 15 is 0 Å². The molecule has 0 aliphatic carbocycles. The lowest BCUT2D eigenvalue weighted by molar-refractivity contribution is -0.138. The fraction of sp³-hybridized carbons (Fsp3) is 0.478. The van der Waals surface area contributed by atoms with Crippen molar-refractivity contribution < 1.29 is 27.9 Å². The molecule has 13 nitrogen and oxygen atoms in total. The number of nitrogens with zero attached hydrogens (tertiary/aromatic N) is 4. The maximum absolute atomic E-state index is 12.7. The minimum Gasteiger partial charge on any atom is -0.480 e. The summed E-state index contributed by atoms with van der Waals surface area (Å²) in [4.78, 5) is 35.0. The average molecular weight is 534 g/mol. The molecule has 37 heavy (non-hydrogen) atoms. The molecule has 2 aliphatic rings. The third kappa shape index (κ3) is 7.13. The Kier molecular flexibility index (Phi) is 8.87. The first-order chi connectivity index (χ1) is 17.8. The van der Waals surface area contributed by atoms with E-state index < -0.39 is 34.7 Å². The molecule has 2 fully saturated rings. The van der Waals surface area contributed by atoms with Crippen molar-refractivity contribution in [1.29, 1.82) is 0 Å². The van der Waals surface area contributed by atoms with E-state index in [1.807, 2.05) is 12.1 Å². The van der Waals surface area contributed by atoms with E-state index in [-0.39, 0.29) is 32.5 Å². The van der Waals surface area contributed by atoms with E-state index in [4.69, 9.17) is 4.74 Å². The molecular weight excluding hydrogens is 502 g/mol. The Hall–Kier alpha value is -3.33. The van der Waals surface area contributed by atoms with Gasteiger partial charge in [-0.1, -0.05) is 0 Å². The zero-order chi connectivity index (χ0) is 26.3. The van der Waals surface area contributed by atoms with Crippen molar-refractivity contribution in [2.75, 3.05) is 49.6 Å². The largest absolute Gasteiger partial charge is 0.480 e. The standard InChI is InChI=1S/C23H31N7O6S/c31-21(26-16-19(22(32)33)28-37(34,35)29-12-14-36-15-13-29)17-5-7-18(8-6-17)30-11-2-1-4-20(30)27-23-24-9-3-10-25-23/h3,5-10,19-20,28H,1-2,4,11-16H2,(H,26,31)(H,32,33)(H,24,25,27)/t19-,20?/m0/s1. The number of amides is 1. The van der Waals surface area contributed by atoms with Gasteiger partial charge in [0, 0.05) is 49.8 Å². The van der Waals surface area contributed by atoms with Gasteiger partial charge < -0.3 is 25.4 Å². The summed E-state index contributed by atoms with van der Waals surface area (Å²) in [6.07, 6.45) is 6.38. The first-order valence-corrected chi connectivity index (χ1v) is 13.5. The number of carboxylic acid groups (broad SMARTS) is 1. The van der Waals surface area contributed by atoms with Crippen molar-refractivity contribution in [2.24, 2.45) is 0 Å². The van der Waals surface area contributed by atoms with E-state index in [1.165, 1.54) is 0 Å². The number of nitrogens with one attached hydrogen (secondary N) is 3. The summed E-state index contributed by atoms with van der Waals surface area (Å²) >= 11 is 0. The van der Waals surface area contributed by atoms with Gasteiger partial charge in [0.15, 0.2) is 0 Å². The van der Waals surface area contributed by atoms with E-state index in [9.17, 15) is 23.1 Å². The van der Waals surface area contributed by atoms with E-state index in [1.54, 1.807) is 30.6 Å². The number of hydrogen-bond acceptors (Lipinski definition) is 9. The number of benzene rings is 1. The van der Waals surface area contributed by atoms with Gasteiger partial charge in [-0.15, -0.1) is 0 Å². The Balaban J connectivity index is 1.35. The van der Waals surface area contributed by atoms with Gasteiger partial charge in [0.2, 0.25) is 5.95 Å². The van der Waals surface area contributed by atoms with Crippen LogP contribution >= 0.6 is 0 Å². The molecule has 1 amide bonds. The highest BCUT2D eigenvalue weighted by Gasteiger charge is 2.30. The molecule has 3 heterocycles. The molecule has 1 aromatic carbocycles. The molecule has 2 aliphatic heterocycles. The molecule has 1 unspecified atom stereocenters. The Morgan fingerprint density at radius 3 is 2.46 bits per heavy atom. The van der Waals surface area contributed by atoms with Crippen LogP contribution in [-0.2, 0) is 19.7 Å². The number of rotatable bonds is 10. The van der Waals surface area contributed by atoms with Crippen LogP contribution in [0.5, 0.6) is 0 Å². The third-order valence-corrected chi connectivity index (χ3v) is 7.82. The second kappa shape index (κ2) is 12.3. The van der Waals surface area contributed by atoms with Gasteiger partial charge in [0.25, 0.3) is 16.1 Å². The summed E-state index contributed by atoms with van der Waals surface area (Å²) in [6, 6.07) is 7.21. The zero-order valence-corrected chi connectivity index (χ0v) is 21.1. The lowest BCUT2D eigenvalue weighted by atomic mass is 10.1. The first-order valence-electron chi connectivity index (χ1n) is 12.1. The molecule has 2 saturated heterocycles. The molecule has 200 valence electrons. The topological polar surface area (TPSA) is 166 Å². The normalized spacial score (nSPS) is 19.7. The summed E-state index contributed by atoms with van der Waals surface area (Å²) in [6.45, 7) is 1.16. The average Bonchev–Trinajstić information content (AvgIpc) is 2.92. The van der Waals surface area contributed by atoms with Gasteiger partial charge >= 0.3 is 5.97 Å². The molecular formula is C23H31N7O6S. The second-order valence-electron chi connectivity index (χ2n) is 8.70. The molecule has 0 radical (unpaired) electrons. The number of hydrogen-bond donors (Lipinski definition) is 4. The molecule has 0 spiro atoms. The minimum absolute atomic E-state index is 0.00615. The fourth-order valence-corrected chi connectivity index (χ4v) is 5.56. The lowest BCUT2D eigenvalue weighted by Gasteiger charge is -2.38. The number of aliphatic carboxylic acids is 1. The predicted octanol–water partition coefficient (Wildman–Crippen LogP) is 0.255. The number of carbonyl (C=O) groups excluding carboxylic acids is 1. The third-order valence-electron chi connectivity index (χ3n) is 6.19. The summed E-state index contributed by atoms with van der Waals surface area (Å²) in [5, 5.41) is 15.4. The van der Waals surface area contributed by atoms with Gasteiger partial charge in [0.05, 0.1) is 13.2 Å². The molecule has 0 bridgehead atoms. The van der Waals surface area contributed by atoms with Crippen molar-refractivity contribution in [3.63, 3.8) is 0 Å². The van der Waals surface area contributed by atoms with E-state index in [0.29, 0.717) is 11.5 Å². The summed E-state index contributed by atoms with van der Waals surface area (Å²) < 4.78 is 33.4. The lowest BCUT2D eigenvalue weighted by Crippen LogP contribution is -2.54. The number of aromatic nitrogens is 2. The van der Waals surface area contributed by atoms with Crippen LogP contribution in [0.1, 0.15) is 29.6 Å². The zero-order valence-electron chi connectivity index (χ0n) is 20.2. The Bertz CT molecular complexity index is 1160. The molecule has 4 N–H and O–H groups in total. The number of morpholine rings is 1. The van der Waals surface area contributed by atoms with Crippen LogP contribution in [-0.4, -0.2) is 91.3 Å². The van der Waals surface area contributed by atoms with Crippen LogP contribution in [0.25, 0.3) is 0 Å². The number of carboxylic acids is 1. The second-order valence-corrected chi connectivity index (χ2v) is 10.4. The Labute approximate surface area is 215 Å². The van der Waals surface area contributed by atoms with Crippen LogP contribution in [0.15, 0.2) is 42.7 Å². The SMILES string of the molecule is O=C(NC[C@H](NS(=O)(=O)N1CCOCC1)C(=O)O)c1ccc(N2CCCCC2Nc2ncccn2)cc1. The summed E-state index contributed by atoms with van der Waals surface area (Å²) in [7, 11) is -4.04. The highest BCUT2D eigenvalue weighted by molar-refractivity contribution is 7.87. The monoisotopic (exact) mass is 533 g/mol. The first kappa shape index (κ1) is 26.7. The van der Waals surface area contributed by atoms with Crippen LogP contribution < -0.4 is 20.3 Å². The van der Waals surface area contributed by atoms with Gasteiger partial charge in [-0.3, -0.25) is 9.59 Å². The van der Waals surface area contributed by atoms with E-state index in [0.717, 1.165) is 35.8 Å². The van der Waals surface area contributed by atoms with Crippen LogP contribution in [0, 0.1) is 0 Å². The van der Waals surface area contributed by atoms with Gasteiger partial charge in [-0.25, -0.2) is 9.97 Å². The van der Waals surface area contributed by atoms with Crippen molar-refractivity contribution >= 4 is 33.7 Å². The Morgan fingerprint density at radius 2 is 1.78 bits per heavy atom. The Morgan fingerprint density at radius 1 is 1.08 bits per heavy atom. The molecule has 0 saturated carbocycles. The molecule has 1 aromatic heterocycles. The maximum Gasteiger partial charge on any atom is 0.323 e. The van der Waals surface area contributed by atoms with Crippen molar-refractivity contribution in [1.82, 2.24) is 24.3 Å². The highest BCUT2D eigenvalue weighted by Crippen LogP contribution is 2.25. The number of ether oxygens (including phenoxy) is 1. The van der Waals surface area contributed by atoms with Crippen molar-refractivity contribution in [3.8, 4) is 0 Å². The van der Waals surface area contributed by atoms with Gasteiger partial charge in [0.1, 0.15) is 12.2 Å². The highest BCUT2D eigenvalue weighted by atomic mass is 32.2. The summed E-state index contributed by atoms with van der Waals surface area (Å²) in [5.74, 6) is -1.35. The quantitative estimate of drug-likeness (QED) is 0.333. The predicted molar refractivity (Wildman–Crippen MR) is 135 cm³/mol. The number of anilines is 2.